The Hall–Kier alpha value is -3.01. The minimum Gasteiger partial charge on any atom is -0.489 e. The molecule has 0 bridgehead atoms. The van der Waals surface area contributed by atoms with Crippen molar-refractivity contribution in [2.75, 3.05) is 6.61 Å². The molecule has 1 unspecified atom stereocenters. The van der Waals surface area contributed by atoms with E-state index in [0.717, 1.165) is 40.1 Å². The molecule has 2 aliphatic rings. The van der Waals surface area contributed by atoms with Gasteiger partial charge in [-0.05, 0) is 48.3 Å². The summed E-state index contributed by atoms with van der Waals surface area (Å²) in [5.74, 6) is 0.530. The molecule has 0 saturated heterocycles. The highest BCUT2D eigenvalue weighted by Gasteiger charge is 2.34. The fourth-order valence-corrected chi connectivity index (χ4v) is 3.36. The molecule has 0 spiro atoms. The summed E-state index contributed by atoms with van der Waals surface area (Å²) in [6, 6.07) is 16.0. The number of carbonyl (C=O) groups excluding carboxylic acids is 1. The highest BCUT2D eigenvalue weighted by molar-refractivity contribution is 5.91. The maximum absolute atomic E-state index is 11.8. The number of fused-ring (bicyclic) bond motifs is 3. The van der Waals surface area contributed by atoms with Gasteiger partial charge in [0.15, 0.2) is 0 Å². The highest BCUT2D eigenvalue weighted by atomic mass is 16.5. The summed E-state index contributed by atoms with van der Waals surface area (Å²) < 4.78 is 11.0. The second-order valence-corrected chi connectivity index (χ2v) is 6.32. The lowest BCUT2D eigenvalue weighted by atomic mass is 10.0. The van der Waals surface area contributed by atoms with Crippen molar-refractivity contribution in [2.45, 2.75) is 26.0 Å². The van der Waals surface area contributed by atoms with Gasteiger partial charge in [0.1, 0.15) is 12.4 Å². The maximum atomic E-state index is 11.8. The zero-order chi connectivity index (χ0) is 17.9. The first-order valence-electron chi connectivity index (χ1n) is 8.84. The topological polar surface area (TPSA) is 49.6 Å². The normalized spacial score (nSPS) is 18.7. The number of hydrogen-bond donors (Lipinski definition) is 0. The molecule has 4 heteroatoms. The van der Waals surface area contributed by atoms with E-state index >= 15 is 0 Å². The van der Waals surface area contributed by atoms with Gasteiger partial charge < -0.3 is 9.47 Å². The molecule has 0 amide bonds. The van der Waals surface area contributed by atoms with Crippen LogP contribution in [0.2, 0.25) is 0 Å². The molecule has 1 aliphatic heterocycles. The second-order valence-electron chi connectivity index (χ2n) is 6.32. The first kappa shape index (κ1) is 16.5. The number of benzene rings is 2. The van der Waals surface area contributed by atoms with Gasteiger partial charge in [0.2, 0.25) is 0 Å². The molecule has 1 aliphatic carbocycles. The Morgan fingerprint density at radius 1 is 1.23 bits per heavy atom. The number of hydrogen-bond acceptors (Lipinski definition) is 3. The third kappa shape index (κ3) is 3.23. The summed E-state index contributed by atoms with van der Waals surface area (Å²) in [6.07, 6.45) is 4.46. The van der Waals surface area contributed by atoms with E-state index in [1.807, 2.05) is 55.5 Å². The van der Waals surface area contributed by atoms with E-state index in [4.69, 9.17) is 14.8 Å². The second kappa shape index (κ2) is 7.08. The molecule has 0 aromatic heterocycles. The number of rotatable bonds is 5. The van der Waals surface area contributed by atoms with Gasteiger partial charge >= 0.3 is 5.97 Å². The van der Waals surface area contributed by atoms with Gasteiger partial charge in [-0.2, -0.15) is 0 Å². The van der Waals surface area contributed by atoms with Crippen molar-refractivity contribution in [3.8, 4) is 5.75 Å². The SMILES string of the molecule is CCOC(=O)C=C1CC=C2c3cc(OCc4ccccc4)ccc3[N]C12. The molecule has 2 aromatic carbocycles. The maximum Gasteiger partial charge on any atom is 0.330 e. The smallest absolute Gasteiger partial charge is 0.330 e. The fraction of sp³-hybridized carbons (Fsp3) is 0.227. The lowest BCUT2D eigenvalue weighted by Gasteiger charge is -2.08. The van der Waals surface area contributed by atoms with Crippen LogP contribution < -0.4 is 10.1 Å². The van der Waals surface area contributed by atoms with Crippen LogP contribution in [0.15, 0.2) is 66.3 Å². The molecule has 131 valence electrons. The predicted molar refractivity (Wildman–Crippen MR) is 100 cm³/mol. The van der Waals surface area contributed by atoms with E-state index in [-0.39, 0.29) is 12.0 Å². The molecule has 1 radical (unpaired) electrons. The Morgan fingerprint density at radius 2 is 2.08 bits per heavy atom. The first-order chi connectivity index (χ1) is 12.7. The molecule has 0 fully saturated rings. The van der Waals surface area contributed by atoms with Gasteiger partial charge in [-0.3, -0.25) is 5.32 Å². The van der Waals surface area contributed by atoms with Gasteiger partial charge in [0.25, 0.3) is 0 Å². The zero-order valence-corrected chi connectivity index (χ0v) is 14.6. The van der Waals surface area contributed by atoms with Crippen molar-refractivity contribution >= 4 is 17.2 Å². The van der Waals surface area contributed by atoms with Crippen molar-refractivity contribution in [3.63, 3.8) is 0 Å². The number of esters is 1. The Labute approximate surface area is 153 Å². The third-order valence-electron chi connectivity index (χ3n) is 4.59. The summed E-state index contributed by atoms with van der Waals surface area (Å²) in [6.45, 7) is 2.72. The number of carbonyl (C=O) groups is 1. The number of allylic oxidation sites excluding steroid dienone is 1. The monoisotopic (exact) mass is 346 g/mol. The van der Waals surface area contributed by atoms with Gasteiger partial charge in [0.05, 0.1) is 18.3 Å². The third-order valence-corrected chi connectivity index (χ3v) is 4.59. The molecule has 4 rings (SSSR count). The molecule has 26 heavy (non-hydrogen) atoms. The standard InChI is InChI=1S/C22H20NO3/c1-2-25-21(24)12-16-8-10-18-19-13-17(9-11-20(19)23-22(16)18)26-14-15-6-4-3-5-7-15/h3-7,9-13,22H,2,8,14H2,1H3. The van der Waals surface area contributed by atoms with Crippen molar-refractivity contribution in [3.05, 3.63) is 77.4 Å². The van der Waals surface area contributed by atoms with E-state index in [1.165, 1.54) is 0 Å². The summed E-state index contributed by atoms with van der Waals surface area (Å²) in [5.41, 5.74) is 5.31. The first-order valence-corrected chi connectivity index (χ1v) is 8.84. The zero-order valence-electron chi connectivity index (χ0n) is 14.6. The summed E-state index contributed by atoms with van der Waals surface area (Å²) in [5, 5.41) is 4.77. The minimum atomic E-state index is -0.296. The van der Waals surface area contributed by atoms with Crippen LogP contribution in [0.4, 0.5) is 5.69 Å². The van der Waals surface area contributed by atoms with Crippen molar-refractivity contribution < 1.29 is 14.3 Å². The van der Waals surface area contributed by atoms with E-state index in [0.29, 0.717) is 13.2 Å². The Morgan fingerprint density at radius 3 is 2.88 bits per heavy atom. The molecular formula is C22H20NO3. The van der Waals surface area contributed by atoms with Crippen molar-refractivity contribution in [1.29, 1.82) is 0 Å². The Kier molecular flexibility index (Phi) is 4.48. The van der Waals surface area contributed by atoms with E-state index in [1.54, 1.807) is 6.08 Å². The molecule has 1 heterocycles. The highest BCUT2D eigenvalue weighted by Crippen LogP contribution is 2.44. The molecule has 0 saturated carbocycles. The van der Waals surface area contributed by atoms with Gasteiger partial charge in [-0.15, -0.1) is 0 Å². The molecule has 0 N–H and O–H groups in total. The van der Waals surface area contributed by atoms with Crippen LogP contribution in [-0.2, 0) is 16.1 Å². The van der Waals surface area contributed by atoms with Gasteiger partial charge in [-0.1, -0.05) is 36.4 Å². The quantitative estimate of drug-likeness (QED) is 0.603. The van der Waals surface area contributed by atoms with Gasteiger partial charge in [-0.25, -0.2) is 4.79 Å². The molecular weight excluding hydrogens is 326 g/mol. The number of nitrogens with zero attached hydrogens (tertiary/aromatic N) is 1. The molecule has 2 aromatic rings. The van der Waals surface area contributed by atoms with Crippen LogP contribution in [0.1, 0.15) is 24.5 Å². The van der Waals surface area contributed by atoms with Crippen LogP contribution in [0.25, 0.3) is 5.57 Å². The number of ether oxygens (including phenoxy) is 2. The summed E-state index contributed by atoms with van der Waals surface area (Å²) in [7, 11) is 0. The lowest BCUT2D eigenvalue weighted by molar-refractivity contribution is -0.137. The minimum absolute atomic E-state index is 0.0706. The summed E-state index contributed by atoms with van der Waals surface area (Å²) in [4.78, 5) is 11.8. The fourth-order valence-electron chi connectivity index (χ4n) is 3.36. The van der Waals surface area contributed by atoms with Crippen LogP contribution in [0, 0.1) is 0 Å². The van der Waals surface area contributed by atoms with Gasteiger partial charge in [0, 0.05) is 11.6 Å². The predicted octanol–water partition coefficient (Wildman–Crippen LogP) is 4.16. The Bertz CT molecular complexity index is 884. The average molecular weight is 346 g/mol. The van der Waals surface area contributed by atoms with E-state index in [2.05, 4.69) is 6.08 Å². The van der Waals surface area contributed by atoms with Crippen LogP contribution >= 0.6 is 0 Å². The lowest BCUT2D eigenvalue weighted by Crippen LogP contribution is -2.14. The largest absolute Gasteiger partial charge is 0.489 e. The molecule has 1 atom stereocenters. The average Bonchev–Trinajstić information content (AvgIpc) is 3.21. The van der Waals surface area contributed by atoms with E-state index in [9.17, 15) is 4.79 Å². The Balaban J connectivity index is 1.49. The van der Waals surface area contributed by atoms with Crippen LogP contribution in [0.5, 0.6) is 5.75 Å². The van der Waals surface area contributed by atoms with Crippen LogP contribution in [0.3, 0.4) is 0 Å². The van der Waals surface area contributed by atoms with E-state index < -0.39 is 0 Å². The van der Waals surface area contributed by atoms with Crippen molar-refractivity contribution in [1.82, 2.24) is 5.32 Å². The molecule has 4 nitrogen and oxygen atoms in total. The summed E-state index contributed by atoms with van der Waals surface area (Å²) >= 11 is 0. The van der Waals surface area contributed by atoms with Crippen LogP contribution in [-0.4, -0.2) is 18.6 Å². The van der Waals surface area contributed by atoms with Crippen molar-refractivity contribution in [2.24, 2.45) is 0 Å².